The Bertz CT molecular complexity index is 661. The number of aryl methyl sites for hydroxylation is 1. The minimum Gasteiger partial charge on any atom is -0.481 e. The van der Waals surface area contributed by atoms with Crippen molar-refractivity contribution >= 4 is 6.09 Å². The van der Waals surface area contributed by atoms with E-state index in [0.717, 1.165) is 48.9 Å². The van der Waals surface area contributed by atoms with Gasteiger partial charge in [-0.15, -0.1) is 0 Å². The van der Waals surface area contributed by atoms with Gasteiger partial charge in [-0.1, -0.05) is 0 Å². The van der Waals surface area contributed by atoms with Crippen molar-refractivity contribution in [2.75, 3.05) is 20.2 Å². The maximum absolute atomic E-state index is 12.2. The first-order chi connectivity index (χ1) is 12.3. The van der Waals surface area contributed by atoms with Crippen LogP contribution in [0.1, 0.15) is 75.3 Å². The highest BCUT2D eigenvalue weighted by Gasteiger charge is 2.30. The molecule has 1 amide bonds. The highest BCUT2D eigenvalue weighted by atomic mass is 16.6. The molecule has 1 fully saturated rings. The second kappa shape index (κ2) is 7.43. The molecule has 2 aliphatic rings. The van der Waals surface area contributed by atoms with Crippen LogP contribution >= 0.6 is 0 Å². The highest BCUT2D eigenvalue weighted by molar-refractivity contribution is 5.68. The van der Waals surface area contributed by atoms with Crippen molar-refractivity contribution in [3.05, 3.63) is 22.9 Å². The standard InChI is InChI=1S/C20H30N2O4/c1-20(2,3)26-19(24)22-10-8-13(9-11-22)15-12-14-6-5-7-16(23)17(14)21-18(15)25-4/h12-13,16,23H,5-11H2,1-4H3. The summed E-state index contributed by atoms with van der Waals surface area (Å²) in [5.74, 6) is 0.918. The molecule has 1 aliphatic carbocycles. The van der Waals surface area contributed by atoms with Crippen molar-refractivity contribution in [2.24, 2.45) is 0 Å². The van der Waals surface area contributed by atoms with Crippen molar-refractivity contribution in [1.29, 1.82) is 0 Å². The number of fused-ring (bicyclic) bond motifs is 1. The lowest BCUT2D eigenvalue weighted by molar-refractivity contribution is 0.0204. The van der Waals surface area contributed by atoms with E-state index < -0.39 is 11.7 Å². The molecule has 3 rings (SSSR count). The number of aliphatic hydroxyl groups excluding tert-OH is 1. The van der Waals surface area contributed by atoms with Crippen molar-refractivity contribution in [3.8, 4) is 5.88 Å². The zero-order valence-electron chi connectivity index (χ0n) is 16.2. The molecule has 26 heavy (non-hydrogen) atoms. The van der Waals surface area contributed by atoms with E-state index in [0.29, 0.717) is 24.9 Å². The van der Waals surface area contributed by atoms with Gasteiger partial charge in [0.2, 0.25) is 5.88 Å². The van der Waals surface area contributed by atoms with Gasteiger partial charge in [-0.3, -0.25) is 0 Å². The molecule has 6 nitrogen and oxygen atoms in total. The molecule has 144 valence electrons. The first-order valence-corrected chi connectivity index (χ1v) is 9.52. The van der Waals surface area contributed by atoms with Gasteiger partial charge in [-0.2, -0.15) is 0 Å². The van der Waals surface area contributed by atoms with Gasteiger partial charge in [-0.25, -0.2) is 9.78 Å². The molecule has 0 aromatic carbocycles. The van der Waals surface area contributed by atoms with Crippen LogP contribution in [0.4, 0.5) is 4.79 Å². The van der Waals surface area contributed by atoms with E-state index in [-0.39, 0.29) is 6.09 Å². The number of nitrogens with zero attached hydrogens (tertiary/aromatic N) is 2. The van der Waals surface area contributed by atoms with E-state index in [4.69, 9.17) is 9.47 Å². The van der Waals surface area contributed by atoms with Gasteiger partial charge in [0.15, 0.2) is 0 Å². The number of carbonyl (C=O) groups excluding carboxylic acids is 1. The van der Waals surface area contributed by atoms with Gasteiger partial charge in [0.05, 0.1) is 18.9 Å². The average Bonchev–Trinajstić information content (AvgIpc) is 2.60. The third kappa shape index (κ3) is 4.11. The summed E-state index contributed by atoms with van der Waals surface area (Å²) in [5.41, 5.74) is 2.53. The van der Waals surface area contributed by atoms with Crippen LogP contribution in [0.25, 0.3) is 0 Å². The average molecular weight is 362 g/mol. The summed E-state index contributed by atoms with van der Waals surface area (Å²) in [7, 11) is 1.63. The van der Waals surface area contributed by atoms with Crippen LogP contribution in [0, 0.1) is 0 Å². The lowest BCUT2D eigenvalue weighted by Crippen LogP contribution is -2.41. The zero-order chi connectivity index (χ0) is 18.9. The third-order valence-corrected chi connectivity index (χ3v) is 5.15. The van der Waals surface area contributed by atoms with Crippen LogP contribution in [0.5, 0.6) is 5.88 Å². The molecule has 1 N–H and O–H groups in total. The van der Waals surface area contributed by atoms with Gasteiger partial charge >= 0.3 is 6.09 Å². The second-order valence-electron chi connectivity index (χ2n) is 8.28. The van der Waals surface area contributed by atoms with E-state index in [1.807, 2.05) is 20.8 Å². The molecule has 1 unspecified atom stereocenters. The lowest BCUT2D eigenvalue weighted by atomic mass is 9.86. The summed E-state index contributed by atoms with van der Waals surface area (Å²) in [4.78, 5) is 18.6. The number of carbonyl (C=O) groups is 1. The minimum atomic E-state index is -0.490. The maximum Gasteiger partial charge on any atom is 0.410 e. The smallest absolute Gasteiger partial charge is 0.410 e. The van der Waals surface area contributed by atoms with E-state index >= 15 is 0 Å². The van der Waals surface area contributed by atoms with Gasteiger partial charge in [0.1, 0.15) is 5.60 Å². The summed E-state index contributed by atoms with van der Waals surface area (Å²) in [6, 6.07) is 2.16. The van der Waals surface area contributed by atoms with Crippen molar-refractivity contribution < 1.29 is 19.4 Å². The molecule has 0 saturated carbocycles. The number of piperidine rings is 1. The Morgan fingerprint density at radius 3 is 2.58 bits per heavy atom. The molecule has 0 bridgehead atoms. The normalized spacial score (nSPS) is 21.3. The molecule has 1 aliphatic heterocycles. The Morgan fingerprint density at radius 1 is 1.27 bits per heavy atom. The van der Waals surface area contributed by atoms with Gasteiger partial charge in [0, 0.05) is 18.7 Å². The van der Waals surface area contributed by atoms with Crippen LogP contribution in [-0.4, -0.2) is 46.9 Å². The summed E-state index contributed by atoms with van der Waals surface area (Å²) >= 11 is 0. The van der Waals surface area contributed by atoms with E-state index in [1.54, 1.807) is 12.0 Å². The quantitative estimate of drug-likeness (QED) is 0.871. The summed E-state index contributed by atoms with van der Waals surface area (Å²) in [6.07, 6.45) is 3.69. The predicted octanol–water partition coefficient (Wildman–Crippen LogP) is 3.57. The third-order valence-electron chi connectivity index (χ3n) is 5.15. The molecular formula is C20H30N2O4. The number of aliphatic hydroxyl groups is 1. The highest BCUT2D eigenvalue weighted by Crippen LogP contribution is 2.38. The fraction of sp³-hybridized carbons (Fsp3) is 0.700. The Morgan fingerprint density at radius 2 is 1.96 bits per heavy atom. The number of aromatic nitrogens is 1. The number of pyridine rings is 1. The minimum absolute atomic E-state index is 0.241. The van der Waals surface area contributed by atoms with Crippen molar-refractivity contribution in [1.82, 2.24) is 9.88 Å². The molecule has 0 radical (unpaired) electrons. The number of methoxy groups -OCH3 is 1. The second-order valence-corrected chi connectivity index (χ2v) is 8.28. The summed E-state index contributed by atoms with van der Waals surface area (Å²) < 4.78 is 11.0. The number of rotatable bonds is 2. The summed E-state index contributed by atoms with van der Waals surface area (Å²) in [5, 5.41) is 10.2. The molecule has 2 heterocycles. The van der Waals surface area contributed by atoms with Crippen LogP contribution in [-0.2, 0) is 11.2 Å². The van der Waals surface area contributed by atoms with Gasteiger partial charge in [0.25, 0.3) is 0 Å². The monoisotopic (exact) mass is 362 g/mol. The molecule has 6 heteroatoms. The molecule has 1 atom stereocenters. The van der Waals surface area contributed by atoms with Gasteiger partial charge in [-0.05, 0) is 70.4 Å². The SMILES string of the molecule is COc1nc2c(cc1C1CCN(C(=O)OC(C)(C)C)CC1)CCCC2O. The summed E-state index contributed by atoms with van der Waals surface area (Å²) in [6.45, 7) is 6.99. The predicted molar refractivity (Wildman–Crippen MR) is 98.5 cm³/mol. The van der Waals surface area contributed by atoms with Crippen LogP contribution in [0.3, 0.4) is 0 Å². The zero-order valence-corrected chi connectivity index (χ0v) is 16.2. The number of amides is 1. The van der Waals surface area contributed by atoms with E-state index in [2.05, 4.69) is 11.1 Å². The Labute approximate surface area is 155 Å². The number of hydrogen-bond acceptors (Lipinski definition) is 5. The molecular weight excluding hydrogens is 332 g/mol. The van der Waals surface area contributed by atoms with Crippen LogP contribution in [0.15, 0.2) is 6.07 Å². The number of hydrogen-bond donors (Lipinski definition) is 1. The molecule has 1 aromatic heterocycles. The first kappa shape index (κ1) is 19.0. The van der Waals surface area contributed by atoms with Crippen LogP contribution in [0.2, 0.25) is 0 Å². The van der Waals surface area contributed by atoms with Crippen molar-refractivity contribution in [3.63, 3.8) is 0 Å². The molecule has 1 aromatic rings. The van der Waals surface area contributed by atoms with E-state index in [9.17, 15) is 9.90 Å². The number of ether oxygens (including phenoxy) is 2. The number of likely N-dealkylation sites (tertiary alicyclic amines) is 1. The lowest BCUT2D eigenvalue weighted by Gasteiger charge is -2.34. The first-order valence-electron chi connectivity index (χ1n) is 9.52. The molecule has 0 spiro atoms. The fourth-order valence-electron chi connectivity index (χ4n) is 3.84. The maximum atomic E-state index is 12.2. The Kier molecular flexibility index (Phi) is 5.42. The Hall–Kier alpha value is -1.82. The van der Waals surface area contributed by atoms with Crippen LogP contribution < -0.4 is 4.74 Å². The Balaban J connectivity index is 1.72. The molecule has 1 saturated heterocycles. The fourth-order valence-corrected chi connectivity index (χ4v) is 3.84. The largest absolute Gasteiger partial charge is 0.481 e. The van der Waals surface area contributed by atoms with Gasteiger partial charge < -0.3 is 19.5 Å². The topological polar surface area (TPSA) is 71.9 Å². The van der Waals surface area contributed by atoms with Crippen molar-refractivity contribution in [2.45, 2.75) is 70.5 Å². The van der Waals surface area contributed by atoms with E-state index in [1.165, 1.54) is 0 Å².